The number of methoxy groups -OCH3 is 1. The highest BCUT2D eigenvalue weighted by atomic mass is 79.9. The lowest BCUT2D eigenvalue weighted by molar-refractivity contribution is 0.161. The molecule has 2 atom stereocenters. The zero-order chi connectivity index (χ0) is 15.0. The molecule has 1 aliphatic rings. The SMILES string of the molecule is COc1ccc2c(c1)OC(c1ccc(Br)c(Cl)c1)C[C@H]2N. The van der Waals surface area contributed by atoms with Crippen LogP contribution >= 0.6 is 27.5 Å². The topological polar surface area (TPSA) is 44.5 Å². The second-order valence-electron chi connectivity index (χ2n) is 5.03. The number of hydrogen-bond acceptors (Lipinski definition) is 3. The van der Waals surface area contributed by atoms with Crippen molar-refractivity contribution in [2.24, 2.45) is 5.73 Å². The van der Waals surface area contributed by atoms with Crippen LogP contribution in [0, 0.1) is 0 Å². The molecule has 3 nitrogen and oxygen atoms in total. The minimum absolute atomic E-state index is 0.0629. The van der Waals surface area contributed by atoms with E-state index in [4.69, 9.17) is 26.8 Å². The van der Waals surface area contributed by atoms with Crippen molar-refractivity contribution in [1.82, 2.24) is 0 Å². The van der Waals surface area contributed by atoms with E-state index in [2.05, 4.69) is 15.9 Å². The summed E-state index contributed by atoms with van der Waals surface area (Å²) in [6.07, 6.45) is 0.613. The molecular weight excluding hydrogens is 354 g/mol. The van der Waals surface area contributed by atoms with Gasteiger partial charge in [0.15, 0.2) is 0 Å². The van der Waals surface area contributed by atoms with Crippen molar-refractivity contribution in [2.75, 3.05) is 7.11 Å². The first kappa shape index (κ1) is 14.7. The lowest BCUT2D eigenvalue weighted by Crippen LogP contribution is -2.24. The molecule has 1 unspecified atom stereocenters. The third-order valence-corrected chi connectivity index (χ3v) is 4.91. The summed E-state index contributed by atoms with van der Waals surface area (Å²) >= 11 is 9.56. The van der Waals surface area contributed by atoms with Crippen molar-refractivity contribution in [2.45, 2.75) is 18.6 Å². The van der Waals surface area contributed by atoms with Crippen LogP contribution in [0.5, 0.6) is 11.5 Å². The van der Waals surface area contributed by atoms with E-state index in [0.717, 1.165) is 33.5 Å². The van der Waals surface area contributed by atoms with Gasteiger partial charge in [-0.15, -0.1) is 0 Å². The van der Waals surface area contributed by atoms with Gasteiger partial charge in [-0.2, -0.15) is 0 Å². The summed E-state index contributed by atoms with van der Waals surface area (Å²) in [5.41, 5.74) is 8.30. The number of halogens is 2. The molecule has 5 heteroatoms. The Morgan fingerprint density at radius 1 is 1.29 bits per heavy atom. The second kappa shape index (κ2) is 5.87. The van der Waals surface area contributed by atoms with Crippen molar-refractivity contribution >= 4 is 27.5 Å². The second-order valence-corrected chi connectivity index (χ2v) is 6.29. The smallest absolute Gasteiger partial charge is 0.128 e. The molecule has 2 aromatic carbocycles. The Morgan fingerprint density at radius 3 is 2.81 bits per heavy atom. The fourth-order valence-electron chi connectivity index (χ4n) is 2.53. The van der Waals surface area contributed by atoms with Gasteiger partial charge in [0.25, 0.3) is 0 Å². The summed E-state index contributed by atoms with van der Waals surface area (Å²) in [6, 6.07) is 11.5. The summed E-state index contributed by atoms with van der Waals surface area (Å²) in [7, 11) is 1.64. The van der Waals surface area contributed by atoms with E-state index in [1.807, 2.05) is 36.4 Å². The lowest BCUT2D eigenvalue weighted by atomic mass is 9.93. The van der Waals surface area contributed by atoms with Gasteiger partial charge >= 0.3 is 0 Å². The number of fused-ring (bicyclic) bond motifs is 1. The summed E-state index contributed by atoms with van der Waals surface area (Å²) in [5, 5.41) is 0.668. The first-order valence-corrected chi connectivity index (χ1v) is 7.80. The number of ether oxygens (including phenoxy) is 2. The van der Waals surface area contributed by atoms with Gasteiger partial charge in [0.1, 0.15) is 17.6 Å². The minimum Gasteiger partial charge on any atom is -0.497 e. The van der Waals surface area contributed by atoms with E-state index in [-0.39, 0.29) is 12.1 Å². The molecule has 3 rings (SSSR count). The standard InChI is InChI=1S/C16H15BrClNO2/c1-20-10-3-4-11-14(19)8-15(21-16(11)7-10)9-2-5-12(17)13(18)6-9/h2-7,14-15H,8,19H2,1H3/t14-,15?/m1/s1. The summed E-state index contributed by atoms with van der Waals surface area (Å²) in [4.78, 5) is 0. The van der Waals surface area contributed by atoms with Gasteiger partial charge in [0.2, 0.25) is 0 Å². The third kappa shape index (κ3) is 2.89. The van der Waals surface area contributed by atoms with Crippen molar-refractivity contribution in [3.8, 4) is 11.5 Å². The molecule has 2 aromatic rings. The number of hydrogen-bond donors (Lipinski definition) is 1. The van der Waals surface area contributed by atoms with Crippen LogP contribution in [0.1, 0.15) is 29.7 Å². The number of benzene rings is 2. The summed E-state index contributed by atoms with van der Waals surface area (Å²) in [5.74, 6) is 1.53. The molecule has 0 radical (unpaired) electrons. The predicted octanol–water partition coefficient (Wildman–Crippen LogP) is 4.63. The number of nitrogens with two attached hydrogens (primary N) is 1. The maximum atomic E-state index is 6.27. The van der Waals surface area contributed by atoms with Crippen LogP contribution in [0.15, 0.2) is 40.9 Å². The van der Waals surface area contributed by atoms with Gasteiger partial charge in [-0.1, -0.05) is 23.7 Å². The molecule has 0 bridgehead atoms. The predicted molar refractivity (Wildman–Crippen MR) is 87.1 cm³/mol. The zero-order valence-electron chi connectivity index (χ0n) is 11.5. The minimum atomic E-state index is -0.106. The average Bonchev–Trinajstić information content (AvgIpc) is 2.49. The van der Waals surface area contributed by atoms with E-state index >= 15 is 0 Å². The fourth-order valence-corrected chi connectivity index (χ4v) is 2.96. The van der Waals surface area contributed by atoms with Crippen molar-refractivity contribution in [3.05, 3.63) is 57.0 Å². The molecule has 0 aliphatic carbocycles. The first-order valence-electron chi connectivity index (χ1n) is 6.63. The maximum Gasteiger partial charge on any atom is 0.128 e. The molecular formula is C16H15BrClNO2. The van der Waals surface area contributed by atoms with E-state index in [9.17, 15) is 0 Å². The maximum absolute atomic E-state index is 6.27. The summed E-state index contributed by atoms with van der Waals surface area (Å²) < 4.78 is 12.2. The highest BCUT2D eigenvalue weighted by molar-refractivity contribution is 9.10. The largest absolute Gasteiger partial charge is 0.497 e. The molecule has 0 spiro atoms. The molecule has 21 heavy (non-hydrogen) atoms. The Hall–Kier alpha value is -1.23. The van der Waals surface area contributed by atoms with E-state index in [1.165, 1.54) is 0 Å². The van der Waals surface area contributed by atoms with E-state index in [1.54, 1.807) is 7.11 Å². The van der Waals surface area contributed by atoms with Crippen LogP contribution in [0.25, 0.3) is 0 Å². The Bertz CT molecular complexity index is 677. The highest BCUT2D eigenvalue weighted by Gasteiger charge is 2.27. The van der Waals surface area contributed by atoms with Crippen LogP contribution in [-0.2, 0) is 0 Å². The third-order valence-electron chi connectivity index (χ3n) is 3.67. The molecule has 0 saturated carbocycles. The lowest BCUT2D eigenvalue weighted by Gasteiger charge is -2.31. The molecule has 1 heterocycles. The molecule has 0 saturated heterocycles. The van der Waals surface area contributed by atoms with Gasteiger partial charge in [0, 0.05) is 28.6 Å². The van der Waals surface area contributed by atoms with Crippen molar-refractivity contribution in [3.63, 3.8) is 0 Å². The molecule has 110 valence electrons. The summed E-state index contributed by atoms with van der Waals surface area (Å²) in [6.45, 7) is 0. The fraction of sp³-hybridized carbons (Fsp3) is 0.250. The average molecular weight is 369 g/mol. The van der Waals surface area contributed by atoms with Gasteiger partial charge in [-0.05, 0) is 39.7 Å². The van der Waals surface area contributed by atoms with Crippen molar-refractivity contribution in [1.29, 1.82) is 0 Å². The molecule has 2 N–H and O–H groups in total. The molecule has 1 aliphatic heterocycles. The van der Waals surface area contributed by atoms with Crippen LogP contribution in [-0.4, -0.2) is 7.11 Å². The zero-order valence-corrected chi connectivity index (χ0v) is 13.8. The van der Waals surface area contributed by atoms with E-state index in [0.29, 0.717) is 5.02 Å². The molecule has 0 aromatic heterocycles. The van der Waals surface area contributed by atoms with E-state index < -0.39 is 0 Å². The van der Waals surface area contributed by atoms with Gasteiger partial charge in [0.05, 0.1) is 12.1 Å². The van der Waals surface area contributed by atoms with Gasteiger partial charge < -0.3 is 15.2 Å². The van der Waals surface area contributed by atoms with Crippen LogP contribution in [0.2, 0.25) is 5.02 Å². The van der Waals surface area contributed by atoms with Gasteiger partial charge in [-0.3, -0.25) is 0 Å². The first-order chi connectivity index (χ1) is 10.1. The highest BCUT2D eigenvalue weighted by Crippen LogP contribution is 2.42. The quantitative estimate of drug-likeness (QED) is 0.840. The Kier molecular flexibility index (Phi) is 4.11. The van der Waals surface area contributed by atoms with Crippen LogP contribution in [0.4, 0.5) is 0 Å². The monoisotopic (exact) mass is 367 g/mol. The van der Waals surface area contributed by atoms with Crippen molar-refractivity contribution < 1.29 is 9.47 Å². The Morgan fingerprint density at radius 2 is 2.10 bits per heavy atom. The van der Waals surface area contributed by atoms with Crippen LogP contribution in [0.3, 0.4) is 0 Å². The normalized spacial score (nSPS) is 20.6. The Balaban J connectivity index is 1.94. The molecule has 0 fully saturated rings. The molecule has 0 amide bonds. The number of rotatable bonds is 2. The Labute approximate surface area is 137 Å². The van der Waals surface area contributed by atoms with Gasteiger partial charge in [-0.25, -0.2) is 0 Å². The van der Waals surface area contributed by atoms with Crippen LogP contribution < -0.4 is 15.2 Å².